The molecule has 0 aromatic carbocycles. The Kier molecular flexibility index (Phi) is 8.35. The Balaban J connectivity index is 4.67. The zero-order valence-electron chi connectivity index (χ0n) is 12.5. The zero-order valence-corrected chi connectivity index (χ0v) is 12.5. The average molecular weight is 288 g/mol. The number of nitrogens with one attached hydrogen (secondary N) is 1. The summed E-state index contributed by atoms with van der Waals surface area (Å²) in [4.78, 5) is 35.7. The third kappa shape index (κ3) is 5.90. The maximum atomic E-state index is 12.0. The van der Waals surface area contributed by atoms with E-state index in [1.807, 2.05) is 6.92 Å². The van der Waals surface area contributed by atoms with Crippen LogP contribution in [-0.4, -0.2) is 53.7 Å². The van der Waals surface area contributed by atoms with Crippen molar-refractivity contribution in [3.8, 4) is 0 Å². The molecule has 7 nitrogen and oxygen atoms in total. The molecule has 0 aliphatic heterocycles. The number of hydrogen-bond donors (Lipinski definition) is 2. The molecule has 0 aromatic rings. The van der Waals surface area contributed by atoms with Crippen molar-refractivity contribution >= 4 is 18.0 Å². The first-order valence-corrected chi connectivity index (χ1v) is 6.81. The standard InChI is InChI=1S/C13H24N2O5/c1-5-9(4)11(12(17)18)14-13(19)15(6-2)8-10(16)20-7-3/h9,11H,5-8H2,1-4H3,(H,14,19)(H,17,18)/t9-,11-/m0/s1. The van der Waals surface area contributed by atoms with E-state index in [4.69, 9.17) is 9.84 Å². The molecule has 0 fully saturated rings. The molecule has 0 heterocycles. The van der Waals surface area contributed by atoms with Crippen molar-refractivity contribution in [1.82, 2.24) is 10.2 Å². The summed E-state index contributed by atoms with van der Waals surface area (Å²) in [6, 6.07) is -1.54. The number of carbonyl (C=O) groups is 3. The summed E-state index contributed by atoms with van der Waals surface area (Å²) in [6.07, 6.45) is 0.626. The van der Waals surface area contributed by atoms with E-state index in [-0.39, 0.29) is 25.6 Å². The summed E-state index contributed by atoms with van der Waals surface area (Å²) in [5.41, 5.74) is 0. The molecule has 0 saturated carbocycles. The summed E-state index contributed by atoms with van der Waals surface area (Å²) in [6.45, 7) is 7.32. The van der Waals surface area contributed by atoms with Crippen molar-refractivity contribution < 1.29 is 24.2 Å². The fourth-order valence-electron chi connectivity index (χ4n) is 1.60. The molecule has 0 aromatic heterocycles. The fourth-order valence-corrected chi connectivity index (χ4v) is 1.60. The minimum absolute atomic E-state index is 0.191. The van der Waals surface area contributed by atoms with Crippen LogP contribution in [0.1, 0.15) is 34.1 Å². The molecule has 2 amide bonds. The number of nitrogens with zero attached hydrogens (tertiary/aromatic N) is 1. The monoisotopic (exact) mass is 288 g/mol. The van der Waals surface area contributed by atoms with Gasteiger partial charge in [-0.25, -0.2) is 9.59 Å². The Morgan fingerprint density at radius 3 is 2.25 bits per heavy atom. The van der Waals surface area contributed by atoms with Gasteiger partial charge in [0.15, 0.2) is 0 Å². The summed E-state index contributed by atoms with van der Waals surface area (Å²) in [5, 5.41) is 11.6. The van der Waals surface area contributed by atoms with Crippen LogP contribution in [0.25, 0.3) is 0 Å². The Hall–Kier alpha value is -1.79. The highest BCUT2D eigenvalue weighted by atomic mass is 16.5. The molecule has 0 aliphatic rings. The molecule has 7 heteroatoms. The predicted molar refractivity (Wildman–Crippen MR) is 73.3 cm³/mol. The fraction of sp³-hybridized carbons (Fsp3) is 0.769. The average Bonchev–Trinajstić information content (AvgIpc) is 2.40. The number of ether oxygens (including phenoxy) is 1. The van der Waals surface area contributed by atoms with E-state index in [0.717, 1.165) is 0 Å². The first-order chi connectivity index (χ1) is 9.37. The number of carboxylic acids is 1. The summed E-state index contributed by atoms with van der Waals surface area (Å²) >= 11 is 0. The lowest BCUT2D eigenvalue weighted by atomic mass is 9.99. The van der Waals surface area contributed by atoms with Crippen LogP contribution in [-0.2, 0) is 14.3 Å². The number of esters is 1. The lowest BCUT2D eigenvalue weighted by Gasteiger charge is -2.25. The lowest BCUT2D eigenvalue weighted by molar-refractivity contribution is -0.143. The van der Waals surface area contributed by atoms with Crippen molar-refractivity contribution in [2.24, 2.45) is 5.92 Å². The number of likely N-dealkylation sites (N-methyl/N-ethyl adjacent to an activating group) is 1. The normalized spacial score (nSPS) is 13.2. The first kappa shape index (κ1) is 18.2. The molecule has 2 N–H and O–H groups in total. The predicted octanol–water partition coefficient (Wildman–Crippen LogP) is 1.08. The Morgan fingerprint density at radius 2 is 1.85 bits per heavy atom. The van der Waals surface area contributed by atoms with E-state index in [1.54, 1.807) is 20.8 Å². The number of urea groups is 1. The maximum absolute atomic E-state index is 12.0. The number of aliphatic carboxylic acids is 1. The highest BCUT2D eigenvalue weighted by molar-refractivity contribution is 5.85. The van der Waals surface area contributed by atoms with Gasteiger partial charge in [-0.3, -0.25) is 4.79 Å². The van der Waals surface area contributed by atoms with Gasteiger partial charge in [0.2, 0.25) is 0 Å². The Morgan fingerprint density at radius 1 is 1.25 bits per heavy atom. The number of carbonyl (C=O) groups excluding carboxylic acids is 2. The van der Waals surface area contributed by atoms with Crippen molar-refractivity contribution in [3.63, 3.8) is 0 Å². The van der Waals surface area contributed by atoms with Gasteiger partial charge in [-0.15, -0.1) is 0 Å². The maximum Gasteiger partial charge on any atom is 0.326 e. The molecule has 0 aliphatic carbocycles. The van der Waals surface area contributed by atoms with Gasteiger partial charge in [-0.2, -0.15) is 0 Å². The quantitative estimate of drug-likeness (QED) is 0.652. The van der Waals surface area contributed by atoms with Crippen LogP contribution in [0, 0.1) is 5.92 Å². The largest absolute Gasteiger partial charge is 0.480 e. The van der Waals surface area contributed by atoms with E-state index < -0.39 is 24.0 Å². The van der Waals surface area contributed by atoms with Crippen LogP contribution in [0.4, 0.5) is 4.79 Å². The third-order valence-corrected chi connectivity index (χ3v) is 3.05. The van der Waals surface area contributed by atoms with E-state index in [2.05, 4.69) is 5.32 Å². The smallest absolute Gasteiger partial charge is 0.326 e. The van der Waals surface area contributed by atoms with E-state index in [1.165, 1.54) is 4.90 Å². The summed E-state index contributed by atoms with van der Waals surface area (Å²) in [5.74, 6) is -1.79. The SMILES string of the molecule is CCOC(=O)CN(CC)C(=O)N[C@H](C(=O)O)[C@@H](C)CC. The van der Waals surface area contributed by atoms with Crippen LogP contribution in [0.2, 0.25) is 0 Å². The minimum Gasteiger partial charge on any atom is -0.480 e. The number of amides is 2. The lowest BCUT2D eigenvalue weighted by Crippen LogP contribution is -2.51. The van der Waals surface area contributed by atoms with Gasteiger partial charge >= 0.3 is 18.0 Å². The van der Waals surface area contributed by atoms with E-state index in [0.29, 0.717) is 6.42 Å². The second-order valence-electron chi connectivity index (χ2n) is 4.47. The topological polar surface area (TPSA) is 95.9 Å². The van der Waals surface area contributed by atoms with Crippen LogP contribution >= 0.6 is 0 Å². The number of hydrogen-bond acceptors (Lipinski definition) is 4. The van der Waals surface area contributed by atoms with Crippen molar-refractivity contribution in [2.45, 2.75) is 40.2 Å². The van der Waals surface area contributed by atoms with Crippen LogP contribution < -0.4 is 5.32 Å². The molecule has 0 saturated heterocycles. The van der Waals surface area contributed by atoms with Crippen molar-refractivity contribution in [1.29, 1.82) is 0 Å². The van der Waals surface area contributed by atoms with Gasteiger partial charge < -0.3 is 20.1 Å². The van der Waals surface area contributed by atoms with E-state index >= 15 is 0 Å². The molecule has 0 radical (unpaired) electrons. The van der Waals surface area contributed by atoms with Crippen LogP contribution in [0.3, 0.4) is 0 Å². The van der Waals surface area contributed by atoms with Crippen LogP contribution in [0.15, 0.2) is 0 Å². The summed E-state index contributed by atoms with van der Waals surface area (Å²) in [7, 11) is 0. The third-order valence-electron chi connectivity index (χ3n) is 3.05. The molecular weight excluding hydrogens is 264 g/mol. The second-order valence-corrected chi connectivity index (χ2v) is 4.47. The van der Waals surface area contributed by atoms with Gasteiger partial charge in [-0.1, -0.05) is 20.3 Å². The highest BCUT2D eigenvalue weighted by Crippen LogP contribution is 2.08. The van der Waals surface area contributed by atoms with E-state index in [9.17, 15) is 14.4 Å². The molecule has 0 bridgehead atoms. The highest BCUT2D eigenvalue weighted by Gasteiger charge is 2.27. The minimum atomic E-state index is -1.08. The van der Waals surface area contributed by atoms with Crippen molar-refractivity contribution in [3.05, 3.63) is 0 Å². The van der Waals surface area contributed by atoms with Gasteiger partial charge in [0.25, 0.3) is 0 Å². The van der Waals surface area contributed by atoms with Gasteiger partial charge in [-0.05, 0) is 19.8 Å². The second kappa shape index (κ2) is 9.17. The molecular formula is C13H24N2O5. The number of rotatable bonds is 8. The summed E-state index contributed by atoms with van der Waals surface area (Å²) < 4.78 is 4.77. The van der Waals surface area contributed by atoms with Crippen molar-refractivity contribution in [2.75, 3.05) is 19.7 Å². The van der Waals surface area contributed by atoms with Gasteiger partial charge in [0, 0.05) is 6.54 Å². The Labute approximate surface area is 119 Å². The van der Waals surface area contributed by atoms with Crippen LogP contribution in [0.5, 0.6) is 0 Å². The molecule has 0 rings (SSSR count). The van der Waals surface area contributed by atoms with Gasteiger partial charge in [0.05, 0.1) is 6.61 Å². The molecule has 2 atom stereocenters. The molecule has 0 unspecified atom stereocenters. The van der Waals surface area contributed by atoms with Gasteiger partial charge in [0.1, 0.15) is 12.6 Å². The molecule has 0 spiro atoms. The zero-order chi connectivity index (χ0) is 15.7. The Bertz CT molecular complexity index is 346. The molecule has 116 valence electrons. The molecule has 20 heavy (non-hydrogen) atoms. The number of carboxylic acid groups (broad SMARTS) is 1. The first-order valence-electron chi connectivity index (χ1n) is 6.81.